The minimum atomic E-state index is -4.00. The zero-order chi connectivity index (χ0) is 23.6. The van der Waals surface area contributed by atoms with Crippen molar-refractivity contribution in [1.82, 2.24) is 15.1 Å². The van der Waals surface area contributed by atoms with Crippen LogP contribution < -0.4 is 19.9 Å². The predicted octanol–water partition coefficient (Wildman–Crippen LogP) is 0.316. The normalized spacial score (nSPS) is 20.8. The molecule has 0 radical (unpaired) electrons. The van der Waals surface area contributed by atoms with Crippen molar-refractivity contribution in [2.24, 2.45) is 5.14 Å². The number of benzene rings is 1. The first-order valence-corrected chi connectivity index (χ1v) is 12.5. The maximum atomic E-state index is 12.5. The summed E-state index contributed by atoms with van der Waals surface area (Å²) in [6.07, 6.45) is 1.00. The Morgan fingerprint density at radius 1 is 1.36 bits per heavy atom. The molecule has 0 spiro atoms. The van der Waals surface area contributed by atoms with Gasteiger partial charge in [0.2, 0.25) is 21.3 Å². The fourth-order valence-corrected chi connectivity index (χ4v) is 5.03. The van der Waals surface area contributed by atoms with Crippen molar-refractivity contribution in [3.05, 3.63) is 23.8 Å². The smallest absolute Gasteiger partial charge is 0.267 e. The van der Waals surface area contributed by atoms with E-state index in [1.165, 1.54) is 4.90 Å². The number of nitrogens with two attached hydrogens (primary N) is 1. The fourth-order valence-electron chi connectivity index (χ4n) is 3.68. The van der Waals surface area contributed by atoms with Gasteiger partial charge in [-0.1, -0.05) is 17.4 Å². The van der Waals surface area contributed by atoms with Gasteiger partial charge in [-0.3, -0.25) is 14.9 Å². The van der Waals surface area contributed by atoms with Crippen LogP contribution in [-0.2, 0) is 24.3 Å². The number of nitrogens with zero attached hydrogens (tertiary/aromatic N) is 3. The standard InChI is InChI=1S/C19H23N5O7S2/c1-29-14-3-2-11(6-15(14)31-13-4-5-30-10-13)12-7-17(26)24(8-12)9-16(25)21-18-22-23-19(32-18)33(20,27)28/h2-3,6,12-13H,4-5,7-10H2,1H3,(H2,20,27,28)(H,21,22,25)/t12-,13?/m1/s1. The lowest BCUT2D eigenvalue weighted by Crippen LogP contribution is -2.34. The molecule has 2 aromatic rings. The highest BCUT2D eigenvalue weighted by Crippen LogP contribution is 2.36. The molecule has 2 amide bonds. The summed E-state index contributed by atoms with van der Waals surface area (Å²) in [4.78, 5) is 26.3. The van der Waals surface area contributed by atoms with Gasteiger partial charge in [0.25, 0.3) is 10.0 Å². The highest BCUT2D eigenvalue weighted by atomic mass is 32.2. The molecule has 12 nitrogen and oxygen atoms in total. The SMILES string of the molecule is COc1ccc([C@@H]2CC(=O)N(CC(=O)Nc3nnc(S(N)(=O)=O)s3)C2)cc1OC1CCOC1. The van der Waals surface area contributed by atoms with Crippen LogP contribution in [0.2, 0.25) is 0 Å². The number of primary sulfonamides is 1. The molecule has 3 heterocycles. The average Bonchev–Trinajstić information content (AvgIpc) is 3.50. The van der Waals surface area contributed by atoms with Gasteiger partial charge in [-0.15, -0.1) is 10.2 Å². The average molecular weight is 498 g/mol. The molecule has 1 unspecified atom stereocenters. The number of ether oxygens (including phenoxy) is 3. The van der Waals surface area contributed by atoms with Crippen molar-refractivity contribution < 1.29 is 32.2 Å². The zero-order valence-electron chi connectivity index (χ0n) is 17.7. The van der Waals surface area contributed by atoms with Gasteiger partial charge >= 0.3 is 0 Å². The van der Waals surface area contributed by atoms with Crippen molar-refractivity contribution in [3.8, 4) is 11.5 Å². The Hall–Kier alpha value is -2.81. The summed E-state index contributed by atoms with van der Waals surface area (Å²) in [5.74, 6) is 0.397. The van der Waals surface area contributed by atoms with Crippen LogP contribution in [0.25, 0.3) is 0 Å². The minimum Gasteiger partial charge on any atom is -0.493 e. The van der Waals surface area contributed by atoms with Gasteiger partial charge in [-0.25, -0.2) is 13.6 Å². The Balaban J connectivity index is 1.39. The Labute approximate surface area is 194 Å². The van der Waals surface area contributed by atoms with Gasteiger partial charge in [0, 0.05) is 25.3 Å². The molecule has 0 aliphatic carbocycles. The quantitative estimate of drug-likeness (QED) is 0.489. The molecule has 2 atom stereocenters. The molecule has 2 aliphatic heterocycles. The number of rotatable bonds is 8. The Morgan fingerprint density at radius 3 is 2.85 bits per heavy atom. The number of likely N-dealkylation sites (tertiary alicyclic amines) is 1. The molecule has 14 heteroatoms. The van der Waals surface area contributed by atoms with Crippen LogP contribution in [0.4, 0.5) is 5.13 Å². The van der Waals surface area contributed by atoms with Gasteiger partial charge in [0.1, 0.15) is 6.10 Å². The van der Waals surface area contributed by atoms with E-state index in [1.807, 2.05) is 12.1 Å². The number of carbonyl (C=O) groups excluding carboxylic acids is 2. The van der Waals surface area contributed by atoms with Gasteiger partial charge in [-0.2, -0.15) is 0 Å². The van der Waals surface area contributed by atoms with Gasteiger partial charge in [0.15, 0.2) is 11.5 Å². The zero-order valence-corrected chi connectivity index (χ0v) is 19.4. The third kappa shape index (κ3) is 5.58. The van der Waals surface area contributed by atoms with Gasteiger partial charge in [0.05, 0.1) is 26.9 Å². The van der Waals surface area contributed by atoms with Crippen LogP contribution in [-0.4, -0.2) is 74.8 Å². The van der Waals surface area contributed by atoms with Crippen LogP contribution in [0.3, 0.4) is 0 Å². The van der Waals surface area contributed by atoms with E-state index in [-0.39, 0.29) is 36.0 Å². The number of nitrogens with one attached hydrogen (secondary N) is 1. The highest BCUT2D eigenvalue weighted by Gasteiger charge is 2.33. The third-order valence-corrected chi connectivity index (χ3v) is 7.43. The number of sulfonamides is 1. The number of amides is 2. The highest BCUT2D eigenvalue weighted by molar-refractivity contribution is 7.91. The molecule has 2 fully saturated rings. The summed E-state index contributed by atoms with van der Waals surface area (Å²) in [6, 6.07) is 5.56. The van der Waals surface area contributed by atoms with Crippen LogP contribution in [0.5, 0.6) is 11.5 Å². The Morgan fingerprint density at radius 2 is 2.18 bits per heavy atom. The number of anilines is 1. The second-order valence-electron chi connectivity index (χ2n) is 7.66. The van der Waals surface area contributed by atoms with Crippen LogP contribution in [0, 0.1) is 0 Å². The van der Waals surface area contributed by atoms with Gasteiger partial charge < -0.3 is 19.1 Å². The van der Waals surface area contributed by atoms with Crippen LogP contribution in [0.1, 0.15) is 24.3 Å². The van der Waals surface area contributed by atoms with Crippen molar-refractivity contribution >= 4 is 38.3 Å². The fraction of sp³-hybridized carbons (Fsp3) is 0.474. The lowest BCUT2D eigenvalue weighted by atomic mass is 9.98. The molecule has 2 aliphatic rings. The molecule has 1 aromatic carbocycles. The van der Waals surface area contributed by atoms with E-state index in [2.05, 4.69) is 15.5 Å². The first-order valence-electron chi connectivity index (χ1n) is 10.1. The number of hydrogen-bond acceptors (Lipinski definition) is 10. The first-order chi connectivity index (χ1) is 15.7. The monoisotopic (exact) mass is 497 g/mol. The number of carbonyl (C=O) groups is 2. The lowest BCUT2D eigenvalue weighted by Gasteiger charge is -2.18. The first kappa shape index (κ1) is 23.4. The Bertz CT molecular complexity index is 1150. The molecule has 178 valence electrons. The number of aromatic nitrogens is 2. The summed E-state index contributed by atoms with van der Waals surface area (Å²) < 4.78 is 38.9. The topological polar surface area (TPSA) is 163 Å². The number of hydrogen-bond donors (Lipinski definition) is 2. The van der Waals surface area contributed by atoms with Crippen molar-refractivity contribution in [1.29, 1.82) is 0 Å². The van der Waals surface area contributed by atoms with E-state index < -0.39 is 20.3 Å². The second-order valence-corrected chi connectivity index (χ2v) is 10.4. The minimum absolute atomic E-state index is 0.0138. The third-order valence-electron chi connectivity index (χ3n) is 5.29. The maximum absolute atomic E-state index is 12.5. The molecule has 2 saturated heterocycles. The molecular formula is C19H23N5O7S2. The summed E-state index contributed by atoms with van der Waals surface area (Å²) in [5.41, 5.74) is 0.905. The van der Waals surface area contributed by atoms with E-state index in [1.54, 1.807) is 13.2 Å². The maximum Gasteiger partial charge on any atom is 0.267 e. The Kier molecular flexibility index (Phi) is 6.78. The molecule has 33 heavy (non-hydrogen) atoms. The molecule has 3 N–H and O–H groups in total. The molecule has 0 bridgehead atoms. The van der Waals surface area contributed by atoms with E-state index >= 15 is 0 Å². The summed E-state index contributed by atoms with van der Waals surface area (Å²) >= 11 is 0.637. The molecule has 0 saturated carbocycles. The molecular weight excluding hydrogens is 474 g/mol. The van der Waals surface area contributed by atoms with Crippen molar-refractivity contribution in [2.45, 2.75) is 29.2 Å². The van der Waals surface area contributed by atoms with E-state index in [0.29, 0.717) is 42.6 Å². The van der Waals surface area contributed by atoms with E-state index in [4.69, 9.17) is 19.3 Å². The van der Waals surface area contributed by atoms with E-state index in [9.17, 15) is 18.0 Å². The van der Waals surface area contributed by atoms with Crippen molar-refractivity contribution in [3.63, 3.8) is 0 Å². The molecule has 4 rings (SSSR count). The largest absolute Gasteiger partial charge is 0.493 e. The van der Waals surface area contributed by atoms with Crippen molar-refractivity contribution in [2.75, 3.05) is 38.7 Å². The molecule has 1 aromatic heterocycles. The second kappa shape index (κ2) is 9.59. The number of methoxy groups -OCH3 is 1. The van der Waals surface area contributed by atoms with E-state index in [0.717, 1.165) is 12.0 Å². The predicted molar refractivity (Wildman–Crippen MR) is 117 cm³/mol. The van der Waals surface area contributed by atoms with Gasteiger partial charge in [-0.05, 0) is 17.7 Å². The summed E-state index contributed by atoms with van der Waals surface area (Å²) in [7, 11) is -2.43. The summed E-state index contributed by atoms with van der Waals surface area (Å²) in [5, 5.41) is 14.4. The van der Waals surface area contributed by atoms with Crippen LogP contribution in [0.15, 0.2) is 22.5 Å². The lowest BCUT2D eigenvalue weighted by molar-refractivity contribution is -0.131. The van der Waals surface area contributed by atoms with Crippen LogP contribution >= 0.6 is 11.3 Å². The summed E-state index contributed by atoms with van der Waals surface area (Å²) in [6.45, 7) is 1.33.